The number of pyridine rings is 1. The van der Waals surface area contributed by atoms with Gasteiger partial charge in [-0.1, -0.05) is 36.4 Å². The Bertz CT molecular complexity index is 1160. The van der Waals surface area contributed by atoms with Gasteiger partial charge in [0.1, 0.15) is 11.6 Å². The third-order valence-corrected chi connectivity index (χ3v) is 5.55. The van der Waals surface area contributed by atoms with Crippen LogP contribution in [0, 0.1) is 0 Å². The maximum absolute atomic E-state index is 12.6. The van der Waals surface area contributed by atoms with E-state index in [2.05, 4.69) is 25.5 Å². The Balaban J connectivity index is 1.43. The van der Waals surface area contributed by atoms with Gasteiger partial charge in [-0.15, -0.1) is 0 Å². The summed E-state index contributed by atoms with van der Waals surface area (Å²) in [6.07, 6.45) is 5.02. The van der Waals surface area contributed by atoms with E-state index in [1.165, 1.54) is 6.92 Å². The first-order chi connectivity index (χ1) is 17.1. The summed E-state index contributed by atoms with van der Waals surface area (Å²) in [5.74, 6) is 2.03. The van der Waals surface area contributed by atoms with Crippen LogP contribution in [0.3, 0.4) is 0 Å². The summed E-state index contributed by atoms with van der Waals surface area (Å²) in [6, 6.07) is 17.3. The molecule has 0 unspecified atom stereocenters. The summed E-state index contributed by atoms with van der Waals surface area (Å²) in [4.78, 5) is 41.5. The van der Waals surface area contributed by atoms with Gasteiger partial charge in [-0.3, -0.25) is 14.6 Å². The van der Waals surface area contributed by atoms with Crippen molar-refractivity contribution in [2.45, 2.75) is 6.92 Å². The van der Waals surface area contributed by atoms with Crippen LogP contribution in [0.25, 0.3) is 17.5 Å². The molecule has 35 heavy (non-hydrogen) atoms. The van der Waals surface area contributed by atoms with E-state index in [4.69, 9.17) is 4.98 Å². The number of nitrogens with zero attached hydrogens (tertiary/aromatic N) is 5. The molecule has 4 rings (SSSR count). The molecule has 9 nitrogen and oxygen atoms in total. The maximum atomic E-state index is 12.6. The molecule has 0 radical (unpaired) electrons. The zero-order valence-electron chi connectivity index (χ0n) is 19.7. The third-order valence-electron chi connectivity index (χ3n) is 5.55. The number of carbonyl (C=O) groups excluding carboxylic acids is 2. The molecule has 9 heteroatoms. The summed E-state index contributed by atoms with van der Waals surface area (Å²) in [5, 5.41) is 6.05. The zero-order valence-corrected chi connectivity index (χ0v) is 19.7. The Morgan fingerprint density at radius 1 is 0.971 bits per heavy atom. The number of anilines is 2. The molecule has 0 atom stereocenters. The highest BCUT2D eigenvalue weighted by molar-refractivity contribution is 5.91. The first kappa shape index (κ1) is 23.9. The number of amides is 2. The average Bonchev–Trinajstić information content (AvgIpc) is 2.90. The van der Waals surface area contributed by atoms with Crippen molar-refractivity contribution >= 4 is 29.5 Å². The normalized spacial score (nSPS) is 13.6. The lowest BCUT2D eigenvalue weighted by atomic mass is 10.2. The van der Waals surface area contributed by atoms with Crippen LogP contribution in [0.4, 0.5) is 11.6 Å². The Hall–Kier alpha value is -4.27. The van der Waals surface area contributed by atoms with Crippen molar-refractivity contribution < 1.29 is 9.59 Å². The van der Waals surface area contributed by atoms with Gasteiger partial charge in [-0.25, -0.2) is 9.97 Å². The number of rotatable bonds is 8. The van der Waals surface area contributed by atoms with E-state index in [-0.39, 0.29) is 11.8 Å². The minimum absolute atomic E-state index is 0.0247. The van der Waals surface area contributed by atoms with Crippen molar-refractivity contribution in [1.82, 2.24) is 25.2 Å². The standard InChI is InChI=1S/C26H29N7O2/c1-20(34)27-13-14-29-23-19-24(31-26(30-23)21-7-3-2-4-8-21)32-15-17-33(18-16-32)25(35)11-10-22-9-5-6-12-28-22/h2-12,19H,13-18H2,1H3,(H,27,34)(H,29,30,31). The first-order valence-corrected chi connectivity index (χ1v) is 11.6. The molecule has 0 saturated carbocycles. The molecule has 1 aliphatic rings. The second kappa shape index (κ2) is 11.7. The number of nitrogens with one attached hydrogen (secondary N) is 2. The third kappa shape index (κ3) is 6.86. The summed E-state index contributed by atoms with van der Waals surface area (Å²) in [5.41, 5.74) is 1.68. The summed E-state index contributed by atoms with van der Waals surface area (Å²) in [7, 11) is 0. The van der Waals surface area contributed by atoms with Crippen molar-refractivity contribution in [3.8, 4) is 11.4 Å². The van der Waals surface area contributed by atoms with Gasteiger partial charge in [-0.05, 0) is 18.2 Å². The topological polar surface area (TPSA) is 103 Å². The predicted molar refractivity (Wildman–Crippen MR) is 137 cm³/mol. The molecule has 3 heterocycles. The van der Waals surface area contributed by atoms with E-state index in [9.17, 15) is 9.59 Å². The molecule has 180 valence electrons. The lowest BCUT2D eigenvalue weighted by Crippen LogP contribution is -2.48. The SMILES string of the molecule is CC(=O)NCCNc1cc(N2CCN(C(=O)C=Cc3ccccn3)CC2)nc(-c2ccccc2)n1. The molecular weight excluding hydrogens is 442 g/mol. The minimum atomic E-state index is -0.0672. The monoisotopic (exact) mass is 471 g/mol. The highest BCUT2D eigenvalue weighted by Crippen LogP contribution is 2.23. The van der Waals surface area contributed by atoms with Crippen LogP contribution in [0.15, 0.2) is 66.9 Å². The molecular formula is C26H29N7O2. The van der Waals surface area contributed by atoms with Crippen LogP contribution in [-0.4, -0.2) is 70.9 Å². The van der Waals surface area contributed by atoms with Crippen molar-refractivity contribution in [3.05, 3.63) is 72.6 Å². The lowest BCUT2D eigenvalue weighted by molar-refractivity contribution is -0.126. The van der Waals surface area contributed by atoms with Crippen molar-refractivity contribution in [3.63, 3.8) is 0 Å². The second-order valence-corrected chi connectivity index (χ2v) is 8.11. The van der Waals surface area contributed by atoms with Gasteiger partial charge in [0.15, 0.2) is 5.82 Å². The molecule has 0 aliphatic carbocycles. The highest BCUT2D eigenvalue weighted by atomic mass is 16.2. The van der Waals surface area contributed by atoms with E-state index in [1.807, 2.05) is 59.5 Å². The van der Waals surface area contributed by atoms with Crippen molar-refractivity contribution in [2.24, 2.45) is 0 Å². The number of aromatic nitrogens is 3. The second-order valence-electron chi connectivity index (χ2n) is 8.11. The Morgan fingerprint density at radius 3 is 2.46 bits per heavy atom. The van der Waals surface area contributed by atoms with Gasteiger partial charge < -0.3 is 20.4 Å². The van der Waals surface area contributed by atoms with Gasteiger partial charge in [0.2, 0.25) is 11.8 Å². The van der Waals surface area contributed by atoms with E-state index in [0.717, 1.165) is 17.1 Å². The van der Waals surface area contributed by atoms with Gasteiger partial charge in [0.05, 0.1) is 5.69 Å². The molecule has 2 N–H and O–H groups in total. The predicted octanol–water partition coefficient (Wildman–Crippen LogP) is 2.45. The van der Waals surface area contributed by atoms with Gasteiger partial charge in [0.25, 0.3) is 0 Å². The van der Waals surface area contributed by atoms with Crippen molar-refractivity contribution in [1.29, 1.82) is 0 Å². The molecule has 2 amide bonds. The summed E-state index contributed by atoms with van der Waals surface area (Å²) in [6.45, 7) is 5.08. The first-order valence-electron chi connectivity index (χ1n) is 11.6. The number of carbonyl (C=O) groups is 2. The van der Waals surface area contributed by atoms with Gasteiger partial charge in [0, 0.05) is 70.1 Å². The fourth-order valence-corrected chi connectivity index (χ4v) is 3.72. The molecule has 3 aromatic rings. The van der Waals surface area contributed by atoms with Crippen LogP contribution in [-0.2, 0) is 9.59 Å². The molecule has 0 spiro atoms. The van der Waals surface area contributed by atoms with Crippen LogP contribution in [0.1, 0.15) is 12.6 Å². The smallest absolute Gasteiger partial charge is 0.246 e. The maximum Gasteiger partial charge on any atom is 0.246 e. The lowest BCUT2D eigenvalue weighted by Gasteiger charge is -2.35. The fourth-order valence-electron chi connectivity index (χ4n) is 3.72. The fraction of sp³-hybridized carbons (Fsp3) is 0.269. The quantitative estimate of drug-likeness (QED) is 0.384. The Labute approximate surface area is 204 Å². The van der Waals surface area contributed by atoms with Crippen LogP contribution in [0.5, 0.6) is 0 Å². The number of benzene rings is 1. The zero-order chi connectivity index (χ0) is 24.5. The Morgan fingerprint density at radius 2 is 1.74 bits per heavy atom. The molecule has 2 aromatic heterocycles. The number of hydrogen-bond donors (Lipinski definition) is 2. The average molecular weight is 472 g/mol. The number of piperazine rings is 1. The molecule has 0 bridgehead atoms. The van der Waals surface area contributed by atoms with E-state index in [0.29, 0.717) is 50.9 Å². The number of hydrogen-bond acceptors (Lipinski definition) is 7. The highest BCUT2D eigenvalue weighted by Gasteiger charge is 2.22. The molecule has 1 saturated heterocycles. The van der Waals surface area contributed by atoms with Crippen molar-refractivity contribution in [2.75, 3.05) is 49.5 Å². The Kier molecular flexibility index (Phi) is 8.00. The minimum Gasteiger partial charge on any atom is -0.368 e. The molecule has 1 fully saturated rings. The van der Waals surface area contributed by atoms with E-state index < -0.39 is 0 Å². The summed E-state index contributed by atoms with van der Waals surface area (Å²) < 4.78 is 0. The molecule has 1 aliphatic heterocycles. The largest absolute Gasteiger partial charge is 0.368 e. The van der Waals surface area contributed by atoms with Crippen LogP contribution in [0.2, 0.25) is 0 Å². The van der Waals surface area contributed by atoms with E-state index in [1.54, 1.807) is 18.3 Å². The van der Waals surface area contributed by atoms with Crippen LogP contribution < -0.4 is 15.5 Å². The van der Waals surface area contributed by atoms with Crippen LogP contribution >= 0.6 is 0 Å². The van der Waals surface area contributed by atoms with Gasteiger partial charge in [-0.2, -0.15) is 0 Å². The molecule has 1 aromatic carbocycles. The van der Waals surface area contributed by atoms with Gasteiger partial charge >= 0.3 is 0 Å². The summed E-state index contributed by atoms with van der Waals surface area (Å²) >= 11 is 0. The van der Waals surface area contributed by atoms with E-state index >= 15 is 0 Å².